The lowest BCUT2D eigenvalue weighted by atomic mass is 10.1. The van der Waals surface area contributed by atoms with E-state index in [1.807, 2.05) is 38.1 Å². The van der Waals surface area contributed by atoms with Crippen molar-refractivity contribution in [3.05, 3.63) is 81.0 Å². The Labute approximate surface area is 190 Å². The van der Waals surface area contributed by atoms with Crippen LogP contribution >= 0.6 is 22.9 Å². The SMILES string of the molecule is CCOc1cc(/C=C/C(=O)c2ccc(Cl)s2)ccc1OCC(=O)Nc1ccc(C)cc1. The lowest BCUT2D eigenvalue weighted by Crippen LogP contribution is -2.20. The lowest BCUT2D eigenvalue weighted by Gasteiger charge is -2.13. The molecule has 0 fully saturated rings. The minimum absolute atomic E-state index is 0.122. The van der Waals surface area contributed by atoms with E-state index in [1.54, 1.807) is 36.4 Å². The molecule has 1 amide bonds. The Morgan fingerprint density at radius 3 is 2.48 bits per heavy atom. The molecule has 2 aromatic carbocycles. The third-order valence-electron chi connectivity index (χ3n) is 4.20. The molecule has 0 aliphatic carbocycles. The summed E-state index contributed by atoms with van der Waals surface area (Å²) in [5.74, 6) is 0.562. The van der Waals surface area contributed by atoms with Crippen LogP contribution < -0.4 is 14.8 Å². The third-order valence-corrected chi connectivity index (χ3v) is 5.45. The first-order chi connectivity index (χ1) is 14.9. The number of carbonyl (C=O) groups excluding carboxylic acids is 2. The highest BCUT2D eigenvalue weighted by atomic mass is 35.5. The van der Waals surface area contributed by atoms with Crippen molar-refractivity contribution in [3.8, 4) is 11.5 Å². The first kappa shape index (κ1) is 22.6. The van der Waals surface area contributed by atoms with Crippen molar-refractivity contribution in [1.29, 1.82) is 0 Å². The molecule has 0 atom stereocenters. The summed E-state index contributed by atoms with van der Waals surface area (Å²) < 4.78 is 11.9. The number of benzene rings is 2. The van der Waals surface area contributed by atoms with Gasteiger partial charge in [0.05, 0.1) is 15.8 Å². The molecule has 0 radical (unpaired) electrons. The molecule has 31 heavy (non-hydrogen) atoms. The number of rotatable bonds is 9. The highest BCUT2D eigenvalue weighted by Crippen LogP contribution is 2.29. The van der Waals surface area contributed by atoms with Crippen LogP contribution in [0.2, 0.25) is 4.34 Å². The molecule has 0 aliphatic rings. The normalized spacial score (nSPS) is 10.8. The van der Waals surface area contributed by atoms with E-state index in [4.69, 9.17) is 21.1 Å². The van der Waals surface area contributed by atoms with Crippen molar-refractivity contribution in [2.24, 2.45) is 0 Å². The Balaban J connectivity index is 1.64. The Kier molecular flexibility index (Phi) is 7.87. The molecular weight excluding hydrogens is 434 g/mol. The van der Waals surface area contributed by atoms with Gasteiger partial charge < -0.3 is 14.8 Å². The summed E-state index contributed by atoms with van der Waals surface area (Å²) in [6.07, 6.45) is 3.19. The number of thiophene rings is 1. The van der Waals surface area contributed by atoms with Gasteiger partial charge in [-0.3, -0.25) is 9.59 Å². The van der Waals surface area contributed by atoms with Gasteiger partial charge in [-0.05, 0) is 61.9 Å². The van der Waals surface area contributed by atoms with Crippen LogP contribution in [0.25, 0.3) is 6.08 Å². The van der Waals surface area contributed by atoms with Crippen LogP contribution in [0.4, 0.5) is 5.69 Å². The number of hydrogen-bond donors (Lipinski definition) is 1. The van der Waals surface area contributed by atoms with E-state index in [2.05, 4.69) is 5.32 Å². The van der Waals surface area contributed by atoms with Crippen LogP contribution in [0.5, 0.6) is 11.5 Å². The van der Waals surface area contributed by atoms with Gasteiger partial charge in [0.2, 0.25) is 0 Å². The molecule has 160 valence electrons. The topological polar surface area (TPSA) is 64.6 Å². The first-order valence-electron chi connectivity index (χ1n) is 9.68. The fourth-order valence-corrected chi connectivity index (χ4v) is 3.66. The Hall–Kier alpha value is -3.09. The number of ether oxygens (including phenoxy) is 2. The number of amides is 1. The second-order valence-electron chi connectivity index (χ2n) is 6.64. The molecule has 3 aromatic rings. The predicted octanol–water partition coefficient (Wildman–Crippen LogP) is 6.02. The van der Waals surface area contributed by atoms with Crippen molar-refractivity contribution in [3.63, 3.8) is 0 Å². The molecule has 0 saturated carbocycles. The van der Waals surface area contributed by atoms with Crippen molar-refractivity contribution >= 4 is 46.4 Å². The maximum absolute atomic E-state index is 12.2. The average molecular weight is 456 g/mol. The molecule has 5 nitrogen and oxygen atoms in total. The number of allylic oxidation sites excluding steroid dienone is 1. The smallest absolute Gasteiger partial charge is 0.262 e. The van der Waals surface area contributed by atoms with Gasteiger partial charge in [-0.25, -0.2) is 0 Å². The molecule has 1 aromatic heterocycles. The van der Waals surface area contributed by atoms with Crippen LogP contribution in [0.3, 0.4) is 0 Å². The largest absolute Gasteiger partial charge is 0.490 e. The molecule has 0 spiro atoms. The molecule has 0 saturated heterocycles. The van der Waals surface area contributed by atoms with Crippen molar-refractivity contribution in [1.82, 2.24) is 0 Å². The fourth-order valence-electron chi connectivity index (χ4n) is 2.69. The van der Waals surface area contributed by atoms with E-state index in [1.165, 1.54) is 17.4 Å². The van der Waals surface area contributed by atoms with Crippen LogP contribution in [0.1, 0.15) is 27.7 Å². The number of ketones is 1. The van der Waals surface area contributed by atoms with Crippen LogP contribution in [-0.2, 0) is 4.79 Å². The van der Waals surface area contributed by atoms with E-state index < -0.39 is 0 Å². The minimum atomic E-state index is -0.268. The Morgan fingerprint density at radius 1 is 1.03 bits per heavy atom. The molecule has 3 rings (SSSR count). The second kappa shape index (κ2) is 10.8. The predicted molar refractivity (Wildman–Crippen MR) is 126 cm³/mol. The number of hydrogen-bond acceptors (Lipinski definition) is 5. The van der Waals surface area contributed by atoms with Crippen molar-refractivity contribution < 1.29 is 19.1 Å². The highest BCUT2D eigenvalue weighted by Gasteiger charge is 2.10. The number of aryl methyl sites for hydroxylation is 1. The highest BCUT2D eigenvalue weighted by molar-refractivity contribution is 7.18. The molecule has 0 aliphatic heterocycles. The maximum atomic E-state index is 12.2. The first-order valence-corrected chi connectivity index (χ1v) is 10.9. The van der Waals surface area contributed by atoms with E-state index >= 15 is 0 Å². The van der Waals surface area contributed by atoms with Crippen molar-refractivity contribution in [2.45, 2.75) is 13.8 Å². The summed E-state index contributed by atoms with van der Waals surface area (Å²) in [5, 5.41) is 2.79. The Bertz CT molecular complexity index is 1090. The van der Waals surface area contributed by atoms with E-state index in [-0.39, 0.29) is 18.3 Å². The standard InChI is InChI=1S/C24H22ClNO4S/c1-3-29-21-14-17(6-10-19(27)22-12-13-23(25)31-22)7-11-20(21)30-15-24(28)26-18-8-4-16(2)5-9-18/h4-14H,3,15H2,1-2H3,(H,26,28)/b10-6+. The monoisotopic (exact) mass is 455 g/mol. The van der Waals surface area contributed by atoms with Crippen LogP contribution in [0, 0.1) is 6.92 Å². The molecule has 7 heteroatoms. The summed E-state index contributed by atoms with van der Waals surface area (Å²) in [5.41, 5.74) is 2.60. The van der Waals surface area contributed by atoms with Crippen molar-refractivity contribution in [2.75, 3.05) is 18.5 Å². The van der Waals surface area contributed by atoms with Gasteiger partial charge in [-0.2, -0.15) is 0 Å². The lowest BCUT2D eigenvalue weighted by molar-refractivity contribution is -0.118. The van der Waals surface area contributed by atoms with Gasteiger partial charge in [0.15, 0.2) is 23.9 Å². The van der Waals surface area contributed by atoms with Crippen LogP contribution in [-0.4, -0.2) is 24.9 Å². The summed E-state index contributed by atoms with van der Waals surface area (Å²) in [6.45, 7) is 4.13. The fraction of sp³-hybridized carbons (Fsp3) is 0.167. The number of halogens is 1. The average Bonchev–Trinajstić information content (AvgIpc) is 3.19. The maximum Gasteiger partial charge on any atom is 0.262 e. The zero-order valence-corrected chi connectivity index (χ0v) is 18.8. The number of carbonyl (C=O) groups is 2. The molecule has 1 heterocycles. The van der Waals surface area contributed by atoms with E-state index in [0.717, 1.165) is 11.1 Å². The van der Waals surface area contributed by atoms with Crippen LogP contribution in [0.15, 0.2) is 60.7 Å². The molecule has 0 unspecified atom stereocenters. The summed E-state index contributed by atoms with van der Waals surface area (Å²) in [7, 11) is 0. The van der Waals surface area contributed by atoms with Gasteiger partial charge in [-0.15, -0.1) is 11.3 Å². The van der Waals surface area contributed by atoms with Gasteiger partial charge >= 0.3 is 0 Å². The summed E-state index contributed by atoms with van der Waals surface area (Å²) in [6, 6.07) is 16.2. The number of anilines is 1. The zero-order chi connectivity index (χ0) is 22.2. The van der Waals surface area contributed by atoms with Gasteiger partial charge in [0.1, 0.15) is 0 Å². The van der Waals surface area contributed by atoms with E-state index in [9.17, 15) is 9.59 Å². The Morgan fingerprint density at radius 2 is 1.81 bits per heavy atom. The number of nitrogens with one attached hydrogen (secondary N) is 1. The van der Waals surface area contributed by atoms with Gasteiger partial charge in [-0.1, -0.05) is 41.4 Å². The zero-order valence-electron chi connectivity index (χ0n) is 17.2. The third kappa shape index (κ3) is 6.70. The summed E-state index contributed by atoms with van der Waals surface area (Å²) >= 11 is 7.12. The molecular formula is C24H22ClNO4S. The minimum Gasteiger partial charge on any atom is -0.490 e. The molecule has 0 bridgehead atoms. The van der Waals surface area contributed by atoms with Gasteiger partial charge in [0, 0.05) is 5.69 Å². The van der Waals surface area contributed by atoms with E-state index in [0.29, 0.717) is 33.0 Å². The quantitative estimate of drug-likeness (QED) is 0.316. The van der Waals surface area contributed by atoms with Gasteiger partial charge in [0.25, 0.3) is 5.91 Å². The molecule has 1 N–H and O–H groups in total. The second-order valence-corrected chi connectivity index (χ2v) is 8.36. The summed E-state index contributed by atoms with van der Waals surface area (Å²) in [4.78, 5) is 25.0.